The van der Waals surface area contributed by atoms with Crippen LogP contribution in [-0.2, 0) is 13.2 Å². The zero-order valence-corrected chi connectivity index (χ0v) is 14.7. The molecule has 5 nitrogen and oxygen atoms in total. The van der Waals surface area contributed by atoms with Crippen molar-refractivity contribution >= 4 is 0 Å². The fourth-order valence-electron chi connectivity index (χ4n) is 2.54. The van der Waals surface area contributed by atoms with Gasteiger partial charge in [0.15, 0.2) is 0 Å². The maximum absolute atomic E-state index is 5.77. The molecule has 0 aliphatic rings. The smallest absolute Gasteiger partial charge is 0.130 e. The van der Waals surface area contributed by atoms with E-state index in [1.807, 2.05) is 53.5 Å². The van der Waals surface area contributed by atoms with Gasteiger partial charge in [-0.2, -0.15) is 5.10 Å². The first-order chi connectivity index (χ1) is 12.2. The zero-order chi connectivity index (χ0) is 17.5. The van der Waals surface area contributed by atoms with E-state index in [-0.39, 0.29) is 0 Å². The highest BCUT2D eigenvalue weighted by Crippen LogP contribution is 2.15. The van der Waals surface area contributed by atoms with Crippen LogP contribution < -0.4 is 10.1 Å². The average molecular weight is 336 g/mol. The van der Waals surface area contributed by atoms with Crippen LogP contribution in [0.15, 0.2) is 67.1 Å². The molecule has 0 aliphatic carbocycles. The molecule has 3 rings (SSSR count). The number of benzene rings is 1. The molecule has 0 saturated carbocycles. The van der Waals surface area contributed by atoms with E-state index in [4.69, 9.17) is 4.74 Å². The van der Waals surface area contributed by atoms with Gasteiger partial charge in [-0.05, 0) is 49.7 Å². The van der Waals surface area contributed by atoms with Gasteiger partial charge in [0.1, 0.15) is 12.4 Å². The summed E-state index contributed by atoms with van der Waals surface area (Å²) in [5, 5.41) is 7.86. The van der Waals surface area contributed by atoms with Crippen molar-refractivity contribution in [3.8, 4) is 5.75 Å². The number of hydrogen-bond acceptors (Lipinski definition) is 4. The van der Waals surface area contributed by atoms with Gasteiger partial charge < -0.3 is 10.1 Å². The number of aromatic nitrogens is 3. The van der Waals surface area contributed by atoms with Gasteiger partial charge in [-0.3, -0.25) is 9.67 Å². The number of rotatable bonds is 8. The summed E-state index contributed by atoms with van der Waals surface area (Å²) in [6.07, 6.45) is 5.59. The lowest BCUT2D eigenvalue weighted by atomic mass is 10.1. The first-order valence-electron chi connectivity index (χ1n) is 8.56. The average Bonchev–Trinajstić information content (AvgIpc) is 3.20. The van der Waals surface area contributed by atoms with Gasteiger partial charge in [-0.15, -0.1) is 0 Å². The fourth-order valence-corrected chi connectivity index (χ4v) is 2.54. The SMILES string of the molecule is CC(NCc1ccc(OCc2ccccn2)cc1)C(C)n1cccn1. The van der Waals surface area contributed by atoms with E-state index in [9.17, 15) is 0 Å². The van der Waals surface area contributed by atoms with E-state index < -0.39 is 0 Å². The Balaban J connectivity index is 1.47. The number of pyridine rings is 1. The summed E-state index contributed by atoms with van der Waals surface area (Å²) in [4.78, 5) is 4.26. The molecule has 25 heavy (non-hydrogen) atoms. The normalized spacial score (nSPS) is 13.4. The van der Waals surface area contributed by atoms with Crippen molar-refractivity contribution in [1.29, 1.82) is 0 Å². The molecule has 0 fully saturated rings. The second-order valence-corrected chi connectivity index (χ2v) is 6.15. The third kappa shape index (κ3) is 4.90. The summed E-state index contributed by atoms with van der Waals surface area (Å²) in [5.74, 6) is 0.854. The quantitative estimate of drug-likeness (QED) is 0.683. The third-order valence-electron chi connectivity index (χ3n) is 4.33. The first kappa shape index (κ1) is 17.2. The van der Waals surface area contributed by atoms with Crippen LogP contribution in [0, 0.1) is 0 Å². The molecule has 0 aliphatic heterocycles. The highest BCUT2D eigenvalue weighted by Gasteiger charge is 2.13. The molecular weight excluding hydrogens is 312 g/mol. The minimum Gasteiger partial charge on any atom is -0.487 e. The van der Waals surface area contributed by atoms with E-state index in [0.717, 1.165) is 18.0 Å². The Labute approximate surface area is 148 Å². The Hall–Kier alpha value is -2.66. The van der Waals surface area contributed by atoms with Crippen LogP contribution in [-0.4, -0.2) is 20.8 Å². The minimum atomic E-state index is 0.302. The summed E-state index contributed by atoms with van der Waals surface area (Å²) >= 11 is 0. The molecule has 3 aromatic rings. The topological polar surface area (TPSA) is 52.0 Å². The van der Waals surface area contributed by atoms with Crippen LogP contribution in [0.5, 0.6) is 5.75 Å². The van der Waals surface area contributed by atoms with Gasteiger partial charge in [0.05, 0.1) is 11.7 Å². The molecule has 2 unspecified atom stereocenters. The van der Waals surface area contributed by atoms with Crippen LogP contribution in [0.1, 0.15) is 31.1 Å². The second-order valence-electron chi connectivity index (χ2n) is 6.15. The van der Waals surface area contributed by atoms with Crippen LogP contribution in [0.2, 0.25) is 0 Å². The van der Waals surface area contributed by atoms with E-state index >= 15 is 0 Å². The molecule has 5 heteroatoms. The first-order valence-corrected chi connectivity index (χ1v) is 8.56. The second kappa shape index (κ2) is 8.44. The predicted octanol–water partition coefficient (Wildman–Crippen LogP) is 3.60. The Morgan fingerprint density at radius 2 is 1.88 bits per heavy atom. The Kier molecular flexibility index (Phi) is 5.80. The van der Waals surface area contributed by atoms with E-state index in [1.54, 1.807) is 6.20 Å². The van der Waals surface area contributed by atoms with Crippen LogP contribution in [0.4, 0.5) is 0 Å². The molecule has 0 amide bonds. The molecule has 0 spiro atoms. The summed E-state index contributed by atoms with van der Waals surface area (Å²) in [6.45, 7) is 5.64. The number of nitrogens with zero attached hydrogens (tertiary/aromatic N) is 3. The van der Waals surface area contributed by atoms with Crippen molar-refractivity contribution in [2.24, 2.45) is 0 Å². The summed E-state index contributed by atoms with van der Waals surface area (Å²) < 4.78 is 7.74. The summed E-state index contributed by atoms with van der Waals surface area (Å²) in [5.41, 5.74) is 2.15. The van der Waals surface area contributed by atoms with Gasteiger partial charge >= 0.3 is 0 Å². The highest BCUT2D eigenvalue weighted by atomic mass is 16.5. The largest absolute Gasteiger partial charge is 0.487 e. The van der Waals surface area contributed by atoms with Crippen molar-refractivity contribution in [3.63, 3.8) is 0 Å². The lowest BCUT2D eigenvalue weighted by Crippen LogP contribution is -2.33. The Morgan fingerprint density at radius 1 is 1.04 bits per heavy atom. The summed E-state index contributed by atoms with van der Waals surface area (Å²) in [7, 11) is 0. The lowest BCUT2D eigenvalue weighted by Gasteiger charge is -2.22. The van der Waals surface area contributed by atoms with Crippen LogP contribution >= 0.6 is 0 Å². The van der Waals surface area contributed by atoms with Crippen LogP contribution in [0.25, 0.3) is 0 Å². The van der Waals surface area contributed by atoms with E-state index in [0.29, 0.717) is 18.7 Å². The molecular formula is C20H24N4O. The predicted molar refractivity (Wildman–Crippen MR) is 98.3 cm³/mol. The molecule has 1 N–H and O–H groups in total. The molecule has 1 aromatic carbocycles. The molecule has 2 heterocycles. The van der Waals surface area contributed by atoms with Crippen molar-refractivity contribution in [3.05, 3.63) is 78.4 Å². The van der Waals surface area contributed by atoms with Gasteiger partial charge in [0.2, 0.25) is 0 Å². The fraction of sp³-hybridized carbons (Fsp3) is 0.300. The van der Waals surface area contributed by atoms with Crippen molar-refractivity contribution < 1.29 is 4.74 Å². The molecule has 0 bridgehead atoms. The highest BCUT2D eigenvalue weighted by molar-refractivity contribution is 5.27. The summed E-state index contributed by atoms with van der Waals surface area (Å²) in [6, 6.07) is 16.6. The number of nitrogens with one attached hydrogen (secondary N) is 1. The van der Waals surface area contributed by atoms with Crippen molar-refractivity contribution in [2.75, 3.05) is 0 Å². The standard InChI is InChI=1S/C20H24N4O/c1-16(17(2)24-13-5-12-23-24)22-14-18-7-9-20(10-8-18)25-15-19-6-3-4-11-21-19/h3-13,16-17,22H,14-15H2,1-2H3. The third-order valence-corrected chi connectivity index (χ3v) is 4.33. The van der Waals surface area contributed by atoms with Gasteiger partial charge in [0.25, 0.3) is 0 Å². The molecule has 2 aromatic heterocycles. The van der Waals surface area contributed by atoms with Gasteiger partial charge in [0, 0.05) is 31.2 Å². The van der Waals surface area contributed by atoms with Crippen molar-refractivity contribution in [1.82, 2.24) is 20.1 Å². The Bertz CT molecular complexity index is 741. The number of hydrogen-bond donors (Lipinski definition) is 1. The maximum Gasteiger partial charge on any atom is 0.130 e. The lowest BCUT2D eigenvalue weighted by molar-refractivity contribution is 0.301. The van der Waals surface area contributed by atoms with E-state index in [2.05, 4.69) is 41.4 Å². The minimum absolute atomic E-state index is 0.302. The maximum atomic E-state index is 5.77. The monoisotopic (exact) mass is 336 g/mol. The van der Waals surface area contributed by atoms with Crippen LogP contribution in [0.3, 0.4) is 0 Å². The van der Waals surface area contributed by atoms with Crippen molar-refractivity contribution in [2.45, 2.75) is 39.1 Å². The zero-order valence-electron chi connectivity index (χ0n) is 14.7. The van der Waals surface area contributed by atoms with Gasteiger partial charge in [-0.25, -0.2) is 0 Å². The molecule has 0 radical (unpaired) electrons. The Morgan fingerprint density at radius 3 is 2.56 bits per heavy atom. The van der Waals surface area contributed by atoms with E-state index in [1.165, 1.54) is 5.56 Å². The molecule has 0 saturated heterocycles. The molecule has 130 valence electrons. The number of ether oxygens (including phenoxy) is 1. The van der Waals surface area contributed by atoms with Gasteiger partial charge in [-0.1, -0.05) is 18.2 Å². The molecule has 2 atom stereocenters.